The fraction of sp³-hybridized carbons (Fsp3) is 0.778. The van der Waals surface area contributed by atoms with Crippen LogP contribution in [0.1, 0.15) is 25.7 Å². The van der Waals surface area contributed by atoms with E-state index < -0.39 is 5.97 Å². The van der Waals surface area contributed by atoms with Crippen LogP contribution in [0.5, 0.6) is 0 Å². The Bertz CT molecular complexity index is 249. The molecule has 0 saturated carbocycles. The van der Waals surface area contributed by atoms with Gasteiger partial charge in [-0.05, 0) is 18.8 Å². The summed E-state index contributed by atoms with van der Waals surface area (Å²) < 4.78 is 0. The van der Waals surface area contributed by atoms with Crippen molar-refractivity contribution in [2.45, 2.75) is 31.7 Å². The molecule has 0 bridgehead atoms. The van der Waals surface area contributed by atoms with Crippen molar-refractivity contribution < 1.29 is 14.7 Å². The number of carboxylic acids is 1. The average molecular weight is 183 g/mol. The van der Waals surface area contributed by atoms with E-state index in [-0.39, 0.29) is 24.3 Å². The van der Waals surface area contributed by atoms with E-state index in [9.17, 15) is 9.59 Å². The van der Waals surface area contributed by atoms with E-state index in [1.54, 1.807) is 0 Å². The van der Waals surface area contributed by atoms with Gasteiger partial charge in [0.2, 0.25) is 5.91 Å². The molecule has 2 saturated heterocycles. The SMILES string of the molecule is O=C(O)CC1CC(=O)N2CCCC12. The van der Waals surface area contributed by atoms with Gasteiger partial charge in [0.1, 0.15) is 0 Å². The van der Waals surface area contributed by atoms with Gasteiger partial charge < -0.3 is 10.0 Å². The molecule has 0 spiro atoms. The predicted octanol–water partition coefficient (Wildman–Crippen LogP) is 0.472. The van der Waals surface area contributed by atoms with Crippen LogP contribution in [0.4, 0.5) is 0 Å². The molecule has 2 rings (SSSR count). The molecule has 4 nitrogen and oxygen atoms in total. The maximum atomic E-state index is 11.4. The van der Waals surface area contributed by atoms with Gasteiger partial charge in [0, 0.05) is 19.0 Å². The Kier molecular flexibility index (Phi) is 1.98. The molecule has 1 amide bonds. The minimum absolute atomic E-state index is 0.0625. The maximum absolute atomic E-state index is 11.4. The summed E-state index contributed by atoms with van der Waals surface area (Å²) in [4.78, 5) is 23.8. The second-order valence-corrected chi connectivity index (χ2v) is 3.86. The second-order valence-electron chi connectivity index (χ2n) is 3.86. The number of hydrogen-bond acceptors (Lipinski definition) is 2. The number of carbonyl (C=O) groups excluding carboxylic acids is 1. The largest absolute Gasteiger partial charge is 0.481 e. The number of aliphatic carboxylic acids is 1. The monoisotopic (exact) mass is 183 g/mol. The summed E-state index contributed by atoms with van der Waals surface area (Å²) in [6.45, 7) is 0.833. The Morgan fingerprint density at radius 2 is 2.38 bits per heavy atom. The van der Waals surface area contributed by atoms with Gasteiger partial charge >= 0.3 is 5.97 Å². The third kappa shape index (κ3) is 1.41. The molecular formula is C9H13NO3. The zero-order chi connectivity index (χ0) is 9.42. The quantitative estimate of drug-likeness (QED) is 0.677. The molecule has 1 N–H and O–H groups in total. The first-order valence-electron chi connectivity index (χ1n) is 4.70. The van der Waals surface area contributed by atoms with Crippen LogP contribution in [-0.4, -0.2) is 34.5 Å². The molecule has 2 unspecified atom stereocenters. The lowest BCUT2D eigenvalue weighted by Gasteiger charge is -2.18. The standard InChI is InChI=1S/C9H13NO3/c11-8-4-6(5-9(12)13)7-2-1-3-10(7)8/h6-7H,1-5H2,(H,12,13). The van der Waals surface area contributed by atoms with Gasteiger partial charge in [0.25, 0.3) is 0 Å². The number of fused-ring (bicyclic) bond motifs is 1. The number of nitrogens with zero attached hydrogens (tertiary/aromatic N) is 1. The zero-order valence-corrected chi connectivity index (χ0v) is 7.40. The molecule has 2 fully saturated rings. The van der Waals surface area contributed by atoms with Crippen molar-refractivity contribution in [1.82, 2.24) is 4.90 Å². The highest BCUT2D eigenvalue weighted by Gasteiger charge is 2.42. The molecule has 0 radical (unpaired) electrons. The molecule has 0 aliphatic carbocycles. The van der Waals surface area contributed by atoms with Crippen molar-refractivity contribution in [3.8, 4) is 0 Å². The van der Waals surface area contributed by atoms with Crippen molar-refractivity contribution in [1.29, 1.82) is 0 Å². The van der Waals surface area contributed by atoms with E-state index in [4.69, 9.17) is 5.11 Å². The lowest BCUT2D eigenvalue weighted by molar-refractivity contribution is -0.138. The van der Waals surface area contributed by atoms with E-state index >= 15 is 0 Å². The van der Waals surface area contributed by atoms with Gasteiger partial charge in [0.15, 0.2) is 0 Å². The molecule has 13 heavy (non-hydrogen) atoms. The zero-order valence-electron chi connectivity index (χ0n) is 7.40. The summed E-state index contributed by atoms with van der Waals surface area (Å²) in [6, 6.07) is 0.226. The van der Waals surface area contributed by atoms with Crippen molar-refractivity contribution >= 4 is 11.9 Å². The van der Waals surface area contributed by atoms with E-state index in [0.717, 1.165) is 19.4 Å². The topological polar surface area (TPSA) is 57.6 Å². The number of carbonyl (C=O) groups is 2. The highest BCUT2D eigenvalue weighted by atomic mass is 16.4. The van der Waals surface area contributed by atoms with E-state index in [1.165, 1.54) is 0 Å². The molecule has 4 heteroatoms. The van der Waals surface area contributed by atoms with Crippen LogP contribution in [0.2, 0.25) is 0 Å². The average Bonchev–Trinajstić information content (AvgIpc) is 2.56. The number of carboxylic acid groups (broad SMARTS) is 1. The minimum atomic E-state index is -0.786. The van der Waals surface area contributed by atoms with Crippen molar-refractivity contribution in [3.05, 3.63) is 0 Å². The summed E-state index contributed by atoms with van der Waals surface area (Å²) >= 11 is 0. The van der Waals surface area contributed by atoms with Crippen LogP contribution >= 0.6 is 0 Å². The molecule has 0 aromatic heterocycles. The van der Waals surface area contributed by atoms with Gasteiger partial charge in [-0.25, -0.2) is 0 Å². The highest BCUT2D eigenvalue weighted by molar-refractivity contribution is 5.81. The summed E-state index contributed by atoms with van der Waals surface area (Å²) in [5.41, 5.74) is 0. The molecule has 72 valence electrons. The molecule has 2 aliphatic heterocycles. The Hall–Kier alpha value is -1.06. The fourth-order valence-corrected chi connectivity index (χ4v) is 2.50. The third-order valence-electron chi connectivity index (χ3n) is 3.04. The summed E-state index contributed by atoms with van der Waals surface area (Å²) in [7, 11) is 0. The molecule has 0 aromatic carbocycles. The Morgan fingerprint density at radius 1 is 1.62 bits per heavy atom. The van der Waals surface area contributed by atoms with Crippen LogP contribution in [0, 0.1) is 5.92 Å². The summed E-state index contributed by atoms with van der Waals surface area (Å²) in [6.07, 6.45) is 2.61. The van der Waals surface area contributed by atoms with Crippen LogP contribution in [0.3, 0.4) is 0 Å². The van der Waals surface area contributed by atoms with E-state index in [1.807, 2.05) is 4.90 Å². The first kappa shape index (κ1) is 8.53. The molecular weight excluding hydrogens is 170 g/mol. The van der Waals surface area contributed by atoms with Crippen molar-refractivity contribution in [2.24, 2.45) is 5.92 Å². The van der Waals surface area contributed by atoms with Crippen LogP contribution in [-0.2, 0) is 9.59 Å². The first-order valence-corrected chi connectivity index (χ1v) is 4.70. The number of amides is 1. The highest BCUT2D eigenvalue weighted by Crippen LogP contribution is 2.35. The summed E-state index contributed by atoms with van der Waals surface area (Å²) in [5, 5.41) is 8.65. The van der Waals surface area contributed by atoms with Crippen molar-refractivity contribution in [2.75, 3.05) is 6.54 Å². The lowest BCUT2D eigenvalue weighted by atomic mass is 9.95. The van der Waals surface area contributed by atoms with Crippen LogP contribution < -0.4 is 0 Å². The van der Waals surface area contributed by atoms with Gasteiger partial charge in [0.05, 0.1) is 6.42 Å². The summed E-state index contributed by atoms with van der Waals surface area (Å²) in [5.74, 6) is -0.576. The molecule has 0 aromatic rings. The van der Waals surface area contributed by atoms with Crippen LogP contribution in [0.15, 0.2) is 0 Å². The van der Waals surface area contributed by atoms with Crippen LogP contribution in [0.25, 0.3) is 0 Å². The van der Waals surface area contributed by atoms with Gasteiger partial charge in [-0.1, -0.05) is 0 Å². The predicted molar refractivity (Wildman–Crippen MR) is 45.1 cm³/mol. The van der Waals surface area contributed by atoms with Gasteiger partial charge in [-0.2, -0.15) is 0 Å². The smallest absolute Gasteiger partial charge is 0.303 e. The number of hydrogen-bond donors (Lipinski definition) is 1. The minimum Gasteiger partial charge on any atom is -0.481 e. The normalized spacial score (nSPS) is 32.3. The Morgan fingerprint density at radius 3 is 3.08 bits per heavy atom. The third-order valence-corrected chi connectivity index (χ3v) is 3.04. The molecule has 2 atom stereocenters. The first-order chi connectivity index (χ1) is 6.18. The van der Waals surface area contributed by atoms with E-state index in [0.29, 0.717) is 6.42 Å². The number of rotatable bonds is 2. The van der Waals surface area contributed by atoms with E-state index in [2.05, 4.69) is 0 Å². The Labute approximate surface area is 76.5 Å². The maximum Gasteiger partial charge on any atom is 0.303 e. The van der Waals surface area contributed by atoms with Crippen molar-refractivity contribution in [3.63, 3.8) is 0 Å². The molecule has 2 aliphatic rings. The van der Waals surface area contributed by atoms with Gasteiger partial charge in [-0.3, -0.25) is 9.59 Å². The van der Waals surface area contributed by atoms with Gasteiger partial charge in [-0.15, -0.1) is 0 Å². The molecule has 2 heterocycles. The fourth-order valence-electron chi connectivity index (χ4n) is 2.50. The Balaban J connectivity index is 2.06. The lowest BCUT2D eigenvalue weighted by Crippen LogP contribution is -2.29. The second kappa shape index (κ2) is 3.01.